The van der Waals surface area contributed by atoms with Crippen molar-refractivity contribution in [2.24, 2.45) is 0 Å². The third-order valence-electron chi connectivity index (χ3n) is 3.72. The van der Waals surface area contributed by atoms with Crippen molar-refractivity contribution >= 4 is 34.4 Å². The van der Waals surface area contributed by atoms with Crippen LogP contribution in [0.4, 0.5) is 0 Å². The number of carbonyl (C=O) groups is 2. The molecular formula is C19H16ClNO5. The molecule has 1 amide bonds. The number of furan rings is 1. The van der Waals surface area contributed by atoms with Gasteiger partial charge in [0.2, 0.25) is 0 Å². The first kappa shape index (κ1) is 17.8. The summed E-state index contributed by atoms with van der Waals surface area (Å²) in [6.07, 6.45) is 1.41. The van der Waals surface area contributed by atoms with Crippen molar-refractivity contribution in [3.05, 3.63) is 64.9 Å². The molecule has 0 unspecified atom stereocenters. The third kappa shape index (κ3) is 4.55. The number of rotatable bonds is 6. The number of fused-ring (bicyclic) bond motifs is 1. The number of hydrogen-bond donors (Lipinski definition) is 2. The summed E-state index contributed by atoms with van der Waals surface area (Å²) in [7, 11) is 0. The van der Waals surface area contributed by atoms with E-state index >= 15 is 0 Å². The van der Waals surface area contributed by atoms with Crippen LogP contribution < -0.4 is 5.32 Å². The molecule has 0 fully saturated rings. The van der Waals surface area contributed by atoms with Crippen LogP contribution in [0.15, 0.2) is 53.1 Å². The topological polar surface area (TPSA) is 88.8 Å². The normalized spacial score (nSPS) is 10.7. The van der Waals surface area contributed by atoms with E-state index in [4.69, 9.17) is 20.8 Å². The predicted molar refractivity (Wildman–Crippen MR) is 95.8 cm³/mol. The highest BCUT2D eigenvalue weighted by Gasteiger charge is 2.13. The van der Waals surface area contributed by atoms with Gasteiger partial charge in [0, 0.05) is 28.6 Å². The molecule has 2 N–H and O–H groups in total. The maximum Gasteiger partial charge on any atom is 0.310 e. The number of benzene rings is 2. The van der Waals surface area contributed by atoms with E-state index in [2.05, 4.69) is 5.32 Å². The smallest absolute Gasteiger partial charge is 0.310 e. The van der Waals surface area contributed by atoms with Crippen molar-refractivity contribution in [1.82, 2.24) is 5.32 Å². The SMILES string of the molecule is O=C(COC(=O)Cc1coc2cc(O)ccc12)NCc1cccc(Cl)c1. The van der Waals surface area contributed by atoms with Gasteiger partial charge < -0.3 is 19.6 Å². The van der Waals surface area contributed by atoms with Gasteiger partial charge in [-0.05, 0) is 29.8 Å². The first-order chi connectivity index (χ1) is 12.5. The minimum atomic E-state index is -0.543. The Morgan fingerprint density at radius 2 is 2.04 bits per heavy atom. The maximum absolute atomic E-state index is 11.9. The van der Waals surface area contributed by atoms with E-state index < -0.39 is 11.9 Å². The number of phenols is 1. The van der Waals surface area contributed by atoms with Gasteiger partial charge in [-0.2, -0.15) is 0 Å². The summed E-state index contributed by atoms with van der Waals surface area (Å²) in [6.45, 7) is -0.0667. The number of amides is 1. The zero-order chi connectivity index (χ0) is 18.5. The van der Waals surface area contributed by atoms with Crippen molar-refractivity contribution in [1.29, 1.82) is 0 Å². The van der Waals surface area contributed by atoms with Crippen LogP contribution in [0.1, 0.15) is 11.1 Å². The van der Waals surface area contributed by atoms with Gasteiger partial charge in [-0.15, -0.1) is 0 Å². The highest BCUT2D eigenvalue weighted by Crippen LogP contribution is 2.25. The largest absolute Gasteiger partial charge is 0.508 e. The van der Waals surface area contributed by atoms with E-state index in [1.54, 1.807) is 24.3 Å². The fourth-order valence-corrected chi connectivity index (χ4v) is 2.67. The molecule has 0 radical (unpaired) electrons. The van der Waals surface area contributed by atoms with E-state index in [1.165, 1.54) is 18.4 Å². The van der Waals surface area contributed by atoms with Crippen molar-refractivity contribution in [3.8, 4) is 5.75 Å². The van der Waals surface area contributed by atoms with E-state index in [-0.39, 0.29) is 18.8 Å². The molecule has 2 aromatic carbocycles. The minimum absolute atomic E-state index is 0.0284. The number of hydrogen-bond acceptors (Lipinski definition) is 5. The minimum Gasteiger partial charge on any atom is -0.508 e. The van der Waals surface area contributed by atoms with Crippen LogP contribution in [0.5, 0.6) is 5.75 Å². The van der Waals surface area contributed by atoms with Gasteiger partial charge in [0.05, 0.1) is 12.7 Å². The monoisotopic (exact) mass is 373 g/mol. The Hall–Kier alpha value is -2.99. The van der Waals surface area contributed by atoms with Crippen molar-refractivity contribution in [2.45, 2.75) is 13.0 Å². The number of nitrogens with one attached hydrogen (secondary N) is 1. The van der Waals surface area contributed by atoms with Gasteiger partial charge in [-0.25, -0.2) is 0 Å². The summed E-state index contributed by atoms with van der Waals surface area (Å²) >= 11 is 5.88. The fraction of sp³-hybridized carbons (Fsp3) is 0.158. The van der Waals surface area contributed by atoms with Gasteiger partial charge in [0.25, 0.3) is 5.91 Å². The van der Waals surface area contributed by atoms with Crippen molar-refractivity contribution in [2.75, 3.05) is 6.61 Å². The quantitative estimate of drug-likeness (QED) is 0.648. The second-order valence-electron chi connectivity index (χ2n) is 5.69. The average molecular weight is 374 g/mol. The number of phenolic OH excluding ortho intramolecular Hbond substituents is 1. The van der Waals surface area contributed by atoms with Gasteiger partial charge in [0.15, 0.2) is 6.61 Å². The molecular weight excluding hydrogens is 358 g/mol. The molecule has 0 atom stereocenters. The lowest BCUT2D eigenvalue weighted by Crippen LogP contribution is -2.28. The Kier molecular flexibility index (Phi) is 5.43. The van der Waals surface area contributed by atoms with Crippen LogP contribution in [-0.2, 0) is 27.3 Å². The van der Waals surface area contributed by atoms with Crippen LogP contribution in [0.3, 0.4) is 0 Å². The van der Waals surface area contributed by atoms with Crippen LogP contribution in [-0.4, -0.2) is 23.6 Å². The summed E-state index contributed by atoms with van der Waals surface area (Å²) < 4.78 is 10.3. The lowest BCUT2D eigenvalue weighted by atomic mass is 10.1. The molecule has 0 saturated heterocycles. The molecule has 3 rings (SSSR count). The van der Waals surface area contributed by atoms with Crippen molar-refractivity contribution < 1.29 is 23.8 Å². The number of esters is 1. The standard InChI is InChI=1S/C19H16ClNO5/c20-14-3-1-2-12(6-14)9-21-18(23)11-26-19(24)7-13-10-25-17-8-15(22)4-5-16(13)17/h1-6,8,10,22H,7,9,11H2,(H,21,23). The second kappa shape index (κ2) is 7.93. The van der Waals surface area contributed by atoms with Crippen LogP contribution in [0.25, 0.3) is 11.0 Å². The summed E-state index contributed by atoms with van der Waals surface area (Å²) in [5.74, 6) is -0.865. The summed E-state index contributed by atoms with van der Waals surface area (Å²) in [6, 6.07) is 11.8. The molecule has 134 valence electrons. The lowest BCUT2D eigenvalue weighted by molar-refractivity contribution is -0.147. The number of halogens is 1. The third-order valence-corrected chi connectivity index (χ3v) is 3.95. The maximum atomic E-state index is 11.9. The number of carbonyl (C=O) groups excluding carboxylic acids is 2. The fourth-order valence-electron chi connectivity index (χ4n) is 2.46. The molecule has 3 aromatic rings. The number of aromatic hydroxyl groups is 1. The highest BCUT2D eigenvalue weighted by molar-refractivity contribution is 6.30. The summed E-state index contributed by atoms with van der Waals surface area (Å²) in [4.78, 5) is 23.7. The summed E-state index contributed by atoms with van der Waals surface area (Å²) in [5.41, 5.74) is 1.96. The highest BCUT2D eigenvalue weighted by atomic mass is 35.5. The molecule has 6 nitrogen and oxygen atoms in total. The molecule has 26 heavy (non-hydrogen) atoms. The Balaban J connectivity index is 1.48. The zero-order valence-corrected chi connectivity index (χ0v) is 14.5. The molecule has 0 saturated carbocycles. The van der Waals surface area contributed by atoms with Gasteiger partial charge >= 0.3 is 5.97 Å². The van der Waals surface area contributed by atoms with E-state index in [0.717, 1.165) is 5.56 Å². The first-order valence-electron chi connectivity index (χ1n) is 7.87. The second-order valence-corrected chi connectivity index (χ2v) is 6.12. The molecule has 0 aliphatic rings. The number of ether oxygens (including phenoxy) is 1. The van der Waals surface area contributed by atoms with Crippen LogP contribution >= 0.6 is 11.6 Å². The molecule has 1 aromatic heterocycles. The molecule has 0 spiro atoms. The van der Waals surface area contributed by atoms with Crippen LogP contribution in [0, 0.1) is 0 Å². The first-order valence-corrected chi connectivity index (χ1v) is 8.25. The molecule has 1 heterocycles. The van der Waals surface area contributed by atoms with E-state index in [0.29, 0.717) is 28.1 Å². The lowest BCUT2D eigenvalue weighted by Gasteiger charge is -2.07. The predicted octanol–water partition coefficient (Wildman–Crippen LogP) is 3.19. The van der Waals surface area contributed by atoms with Gasteiger partial charge in [0.1, 0.15) is 11.3 Å². The van der Waals surface area contributed by atoms with Crippen molar-refractivity contribution in [3.63, 3.8) is 0 Å². The Bertz CT molecular complexity index is 950. The molecule has 0 bridgehead atoms. The molecule has 0 aliphatic carbocycles. The van der Waals surface area contributed by atoms with Gasteiger partial charge in [-0.3, -0.25) is 9.59 Å². The Labute approximate surface area is 154 Å². The van der Waals surface area contributed by atoms with E-state index in [9.17, 15) is 14.7 Å². The Morgan fingerprint density at radius 1 is 1.19 bits per heavy atom. The molecule has 7 heteroatoms. The summed E-state index contributed by atoms with van der Waals surface area (Å²) in [5, 5.41) is 13.4. The van der Waals surface area contributed by atoms with Crippen LogP contribution in [0.2, 0.25) is 5.02 Å². The molecule has 0 aliphatic heterocycles. The van der Waals surface area contributed by atoms with Gasteiger partial charge in [-0.1, -0.05) is 23.7 Å². The zero-order valence-electron chi connectivity index (χ0n) is 13.7. The van der Waals surface area contributed by atoms with E-state index in [1.807, 2.05) is 6.07 Å². The Morgan fingerprint density at radius 3 is 2.85 bits per heavy atom. The average Bonchev–Trinajstić information content (AvgIpc) is 3.00.